The second-order valence-electron chi connectivity index (χ2n) is 7.13. The van der Waals surface area contributed by atoms with Crippen LogP contribution in [-0.4, -0.2) is 14.3 Å². The van der Waals surface area contributed by atoms with E-state index in [-0.39, 0.29) is 10.8 Å². The molecule has 1 saturated carbocycles. The van der Waals surface area contributed by atoms with Gasteiger partial charge in [0.1, 0.15) is 0 Å². The Kier molecular flexibility index (Phi) is 4.32. The molecule has 4 rings (SSSR count). The number of fused-ring (bicyclic) bond motifs is 1. The van der Waals surface area contributed by atoms with Crippen molar-refractivity contribution in [1.82, 2.24) is 4.72 Å². The van der Waals surface area contributed by atoms with Crippen molar-refractivity contribution in [1.29, 1.82) is 0 Å². The minimum absolute atomic E-state index is 0.0276. The summed E-state index contributed by atoms with van der Waals surface area (Å²) in [5.41, 5.74) is 2.06. The molecule has 2 aromatic carbocycles. The number of carbonyl (C=O) groups excluding carboxylic acids is 1. The van der Waals surface area contributed by atoms with Crippen LogP contribution in [0.2, 0.25) is 0 Å². The molecular formula is C20H22N2O3S. The summed E-state index contributed by atoms with van der Waals surface area (Å²) in [6.45, 7) is 0. The third kappa shape index (κ3) is 3.15. The summed E-state index contributed by atoms with van der Waals surface area (Å²) in [6, 6.07) is 14.8. The summed E-state index contributed by atoms with van der Waals surface area (Å²) in [4.78, 5) is 11.8. The lowest BCUT2D eigenvalue weighted by atomic mass is 9.89. The lowest BCUT2D eigenvalue weighted by molar-refractivity contribution is -0.116. The Balaban J connectivity index is 1.67. The number of aryl methyl sites for hydroxylation is 1. The predicted molar refractivity (Wildman–Crippen MR) is 100 cm³/mol. The number of anilines is 1. The zero-order chi connectivity index (χ0) is 18.2. The zero-order valence-electron chi connectivity index (χ0n) is 14.5. The molecule has 2 aromatic rings. The first kappa shape index (κ1) is 17.2. The van der Waals surface area contributed by atoms with Crippen molar-refractivity contribution >= 4 is 21.6 Å². The fraction of sp³-hybridized carbons (Fsp3) is 0.350. The summed E-state index contributed by atoms with van der Waals surface area (Å²) >= 11 is 0. The highest BCUT2D eigenvalue weighted by molar-refractivity contribution is 7.89. The zero-order valence-corrected chi connectivity index (χ0v) is 15.3. The topological polar surface area (TPSA) is 75.3 Å². The van der Waals surface area contributed by atoms with Crippen LogP contribution in [0.15, 0.2) is 53.4 Å². The summed E-state index contributed by atoms with van der Waals surface area (Å²) in [7, 11) is -3.66. The standard InChI is InChI=1S/C20H22N2O3S/c23-19-11-8-15-14-17(9-10-18(15)21-19)26(24,25)22-20(12-4-5-13-20)16-6-2-1-3-7-16/h1-3,6-7,9-10,14,22H,4-5,8,11-13H2,(H,21,23). The van der Waals surface area contributed by atoms with Crippen LogP contribution in [0, 0.1) is 0 Å². The molecular weight excluding hydrogens is 348 g/mol. The lowest BCUT2D eigenvalue weighted by Crippen LogP contribution is -2.43. The fourth-order valence-corrected chi connectivity index (χ4v) is 5.53. The molecule has 1 aliphatic heterocycles. The smallest absolute Gasteiger partial charge is 0.241 e. The molecule has 6 heteroatoms. The van der Waals surface area contributed by atoms with Crippen molar-refractivity contribution in [2.75, 3.05) is 5.32 Å². The van der Waals surface area contributed by atoms with E-state index in [2.05, 4.69) is 10.0 Å². The number of amides is 1. The van der Waals surface area contributed by atoms with Gasteiger partial charge in [0.15, 0.2) is 0 Å². The Labute approximate surface area is 153 Å². The van der Waals surface area contributed by atoms with Crippen LogP contribution in [0.25, 0.3) is 0 Å². The highest BCUT2D eigenvalue weighted by Gasteiger charge is 2.39. The van der Waals surface area contributed by atoms with Gasteiger partial charge in [-0.2, -0.15) is 0 Å². The van der Waals surface area contributed by atoms with E-state index in [1.54, 1.807) is 18.2 Å². The quantitative estimate of drug-likeness (QED) is 0.867. The van der Waals surface area contributed by atoms with Crippen molar-refractivity contribution in [3.8, 4) is 0 Å². The average molecular weight is 370 g/mol. The largest absolute Gasteiger partial charge is 0.326 e. The molecule has 0 unspecified atom stereocenters. The number of carbonyl (C=O) groups is 1. The number of rotatable bonds is 4. The second kappa shape index (κ2) is 6.52. The highest BCUT2D eigenvalue weighted by atomic mass is 32.2. The molecule has 2 N–H and O–H groups in total. The van der Waals surface area contributed by atoms with E-state index in [4.69, 9.17) is 0 Å². The molecule has 2 aliphatic rings. The van der Waals surface area contributed by atoms with Gasteiger partial charge in [-0.25, -0.2) is 13.1 Å². The molecule has 26 heavy (non-hydrogen) atoms. The van der Waals surface area contributed by atoms with E-state index in [0.29, 0.717) is 18.5 Å². The summed E-state index contributed by atoms with van der Waals surface area (Å²) in [5.74, 6) is -0.0276. The third-order valence-electron chi connectivity index (χ3n) is 5.40. The Morgan fingerprint density at radius 3 is 2.42 bits per heavy atom. The van der Waals surface area contributed by atoms with Gasteiger partial charge < -0.3 is 5.32 Å². The van der Waals surface area contributed by atoms with Gasteiger partial charge >= 0.3 is 0 Å². The molecule has 5 nitrogen and oxygen atoms in total. The first-order valence-corrected chi connectivity index (χ1v) is 10.5. The third-order valence-corrected chi connectivity index (χ3v) is 6.93. The average Bonchev–Trinajstić information content (AvgIpc) is 3.11. The van der Waals surface area contributed by atoms with Gasteiger partial charge in [-0.15, -0.1) is 0 Å². The number of hydrogen-bond acceptors (Lipinski definition) is 3. The summed E-state index contributed by atoms with van der Waals surface area (Å²) in [5, 5.41) is 2.79. The van der Waals surface area contributed by atoms with Crippen LogP contribution < -0.4 is 10.0 Å². The first-order chi connectivity index (χ1) is 12.5. The van der Waals surface area contributed by atoms with Crippen LogP contribution in [-0.2, 0) is 26.8 Å². The molecule has 0 saturated heterocycles. The maximum atomic E-state index is 13.1. The molecule has 0 spiro atoms. The van der Waals surface area contributed by atoms with Crippen molar-refractivity contribution in [3.63, 3.8) is 0 Å². The van der Waals surface area contributed by atoms with Crippen molar-refractivity contribution in [2.24, 2.45) is 0 Å². The Hall–Kier alpha value is -2.18. The number of hydrogen-bond donors (Lipinski definition) is 2. The maximum absolute atomic E-state index is 13.1. The molecule has 136 valence electrons. The van der Waals surface area contributed by atoms with E-state index in [0.717, 1.165) is 36.8 Å². The fourth-order valence-electron chi connectivity index (χ4n) is 4.03. The molecule has 1 fully saturated rings. The summed E-state index contributed by atoms with van der Waals surface area (Å²) in [6.07, 6.45) is 4.57. The van der Waals surface area contributed by atoms with Crippen LogP contribution >= 0.6 is 0 Å². The molecule has 0 bridgehead atoms. The van der Waals surface area contributed by atoms with Gasteiger partial charge in [-0.3, -0.25) is 4.79 Å². The first-order valence-electron chi connectivity index (χ1n) is 9.01. The van der Waals surface area contributed by atoms with Crippen molar-refractivity contribution in [3.05, 3.63) is 59.7 Å². The van der Waals surface area contributed by atoms with Gasteiger partial charge in [0.25, 0.3) is 0 Å². The van der Waals surface area contributed by atoms with E-state index >= 15 is 0 Å². The Morgan fingerprint density at radius 2 is 1.69 bits per heavy atom. The number of sulfonamides is 1. The number of benzene rings is 2. The van der Waals surface area contributed by atoms with Gasteiger partial charge in [-0.1, -0.05) is 43.2 Å². The van der Waals surface area contributed by atoms with E-state index in [9.17, 15) is 13.2 Å². The summed E-state index contributed by atoms with van der Waals surface area (Å²) < 4.78 is 29.2. The van der Waals surface area contributed by atoms with E-state index < -0.39 is 15.6 Å². The van der Waals surface area contributed by atoms with Crippen LogP contribution in [0.1, 0.15) is 43.2 Å². The van der Waals surface area contributed by atoms with Gasteiger partial charge in [0.2, 0.25) is 15.9 Å². The van der Waals surface area contributed by atoms with Crippen LogP contribution in [0.4, 0.5) is 5.69 Å². The van der Waals surface area contributed by atoms with Crippen LogP contribution in [0.5, 0.6) is 0 Å². The molecule has 0 aromatic heterocycles. The number of nitrogens with one attached hydrogen (secondary N) is 2. The SMILES string of the molecule is O=C1CCc2cc(S(=O)(=O)NC3(c4ccccc4)CCCC3)ccc2N1. The molecule has 1 amide bonds. The molecule has 1 aliphatic carbocycles. The second-order valence-corrected chi connectivity index (χ2v) is 8.81. The van der Waals surface area contributed by atoms with Gasteiger partial charge in [-0.05, 0) is 48.6 Å². The minimum Gasteiger partial charge on any atom is -0.326 e. The minimum atomic E-state index is -3.66. The Bertz CT molecular complexity index is 933. The monoisotopic (exact) mass is 370 g/mol. The molecule has 0 atom stereocenters. The Morgan fingerprint density at radius 1 is 0.962 bits per heavy atom. The maximum Gasteiger partial charge on any atom is 0.241 e. The van der Waals surface area contributed by atoms with Crippen LogP contribution in [0.3, 0.4) is 0 Å². The van der Waals surface area contributed by atoms with Crippen molar-refractivity contribution < 1.29 is 13.2 Å². The predicted octanol–water partition coefficient (Wildman–Crippen LogP) is 3.32. The van der Waals surface area contributed by atoms with E-state index in [1.165, 1.54) is 0 Å². The van der Waals surface area contributed by atoms with Crippen molar-refractivity contribution in [2.45, 2.75) is 49.0 Å². The highest BCUT2D eigenvalue weighted by Crippen LogP contribution is 2.40. The molecule has 1 heterocycles. The normalized spacial score (nSPS) is 19.0. The lowest BCUT2D eigenvalue weighted by Gasteiger charge is -2.31. The van der Waals surface area contributed by atoms with Gasteiger partial charge in [0.05, 0.1) is 10.4 Å². The van der Waals surface area contributed by atoms with E-state index in [1.807, 2.05) is 30.3 Å². The molecule has 0 radical (unpaired) electrons. The van der Waals surface area contributed by atoms with Gasteiger partial charge in [0, 0.05) is 12.1 Å².